The minimum absolute atomic E-state index is 0.0906. The third kappa shape index (κ3) is 4.49. The predicted molar refractivity (Wildman–Crippen MR) is 136 cm³/mol. The number of hydrogen-bond acceptors (Lipinski definition) is 7. The Kier molecular flexibility index (Phi) is 6.09. The number of carbonyl (C=O) groups is 2. The highest BCUT2D eigenvalue weighted by Crippen LogP contribution is 2.47. The lowest BCUT2D eigenvalue weighted by molar-refractivity contribution is -0.133. The highest BCUT2D eigenvalue weighted by molar-refractivity contribution is 6.39. The summed E-state index contributed by atoms with van der Waals surface area (Å²) in [7, 11) is 3.10. The minimum Gasteiger partial charge on any atom is -0.465 e. The monoisotopic (exact) mass is 485 g/mol. The smallest absolute Gasteiger partial charge is 0.352 e. The van der Waals surface area contributed by atoms with Gasteiger partial charge in [0.25, 0.3) is 5.91 Å². The molecule has 0 atom stereocenters. The first-order valence-electron chi connectivity index (χ1n) is 11.8. The van der Waals surface area contributed by atoms with E-state index in [9.17, 15) is 9.59 Å². The van der Waals surface area contributed by atoms with E-state index < -0.39 is 11.9 Å². The van der Waals surface area contributed by atoms with Crippen molar-refractivity contribution in [2.75, 3.05) is 12.4 Å². The molecule has 184 valence electrons. The van der Waals surface area contributed by atoms with Crippen molar-refractivity contribution in [2.24, 2.45) is 18.0 Å². The highest BCUT2D eigenvalue weighted by atomic mass is 16.5. The number of benzene rings is 2. The third-order valence-corrected chi connectivity index (χ3v) is 6.21. The maximum Gasteiger partial charge on any atom is 0.352 e. The number of rotatable bonds is 7. The van der Waals surface area contributed by atoms with Gasteiger partial charge >= 0.3 is 5.97 Å². The van der Waals surface area contributed by atoms with Gasteiger partial charge in [-0.25, -0.2) is 14.5 Å². The number of ether oxygens (including phenoxy) is 1. The Morgan fingerprint density at radius 3 is 2.58 bits per heavy atom. The van der Waals surface area contributed by atoms with E-state index in [4.69, 9.17) is 4.74 Å². The fourth-order valence-corrected chi connectivity index (χ4v) is 4.15. The summed E-state index contributed by atoms with van der Waals surface area (Å²) in [6, 6.07) is 10.9. The summed E-state index contributed by atoms with van der Waals surface area (Å²) in [6.45, 7) is 3.57. The molecule has 1 fully saturated rings. The summed E-state index contributed by atoms with van der Waals surface area (Å²) in [4.78, 5) is 33.2. The average molecular weight is 486 g/mol. The Bertz CT molecular complexity index is 1480. The first kappa shape index (κ1) is 23.4. The lowest BCUT2D eigenvalue weighted by atomic mass is 10.0. The van der Waals surface area contributed by atoms with Gasteiger partial charge in [0.15, 0.2) is 5.82 Å². The minimum atomic E-state index is -0.607. The van der Waals surface area contributed by atoms with Crippen LogP contribution in [-0.2, 0) is 16.6 Å². The molecule has 36 heavy (non-hydrogen) atoms. The standard InChI is InChI=1S/C26H27N7O3/c1-14(2)22(25(35)36-4)29-24(34)17-9-7-16(8-10-17)23-30-26(33(3)32-23)28-20-12-11-19-18(13-27-31-19)21(20)15-5-6-15/h7-15H,5-6H2,1-4H3,(H,27,31)(H,28,30,32). The molecular formula is C26H27N7O3. The van der Waals surface area contributed by atoms with E-state index in [1.54, 1.807) is 42.8 Å². The van der Waals surface area contributed by atoms with E-state index in [2.05, 4.69) is 30.6 Å². The number of H-pyrrole nitrogens is 1. The van der Waals surface area contributed by atoms with Crippen molar-refractivity contribution >= 4 is 40.1 Å². The van der Waals surface area contributed by atoms with Gasteiger partial charge in [-0.2, -0.15) is 10.1 Å². The summed E-state index contributed by atoms with van der Waals surface area (Å²) in [5, 5.41) is 16.4. The number of aromatic nitrogens is 5. The van der Waals surface area contributed by atoms with Crippen LogP contribution in [0.2, 0.25) is 0 Å². The zero-order chi connectivity index (χ0) is 25.4. The van der Waals surface area contributed by atoms with Gasteiger partial charge in [0.2, 0.25) is 5.95 Å². The predicted octanol–water partition coefficient (Wildman–Crippen LogP) is 4.39. The van der Waals surface area contributed by atoms with E-state index >= 15 is 0 Å². The number of hydrogen-bond donors (Lipinski definition) is 2. The summed E-state index contributed by atoms with van der Waals surface area (Å²) >= 11 is 0. The summed E-state index contributed by atoms with van der Waals surface area (Å²) < 4.78 is 6.43. The van der Waals surface area contributed by atoms with Crippen molar-refractivity contribution in [3.8, 4) is 11.4 Å². The Morgan fingerprint density at radius 1 is 1.17 bits per heavy atom. The van der Waals surface area contributed by atoms with Crippen LogP contribution < -0.4 is 5.32 Å². The molecule has 1 aliphatic rings. The van der Waals surface area contributed by atoms with Crippen molar-refractivity contribution in [1.29, 1.82) is 0 Å². The lowest BCUT2D eigenvalue weighted by Crippen LogP contribution is -2.23. The van der Waals surface area contributed by atoms with E-state index in [0.29, 0.717) is 23.3 Å². The normalized spacial score (nSPS) is 13.9. The molecule has 0 bridgehead atoms. The van der Waals surface area contributed by atoms with Gasteiger partial charge in [0.05, 0.1) is 18.8 Å². The van der Waals surface area contributed by atoms with Gasteiger partial charge in [0.1, 0.15) is 5.71 Å². The Labute approximate surface area is 207 Å². The topological polar surface area (TPSA) is 127 Å². The maximum atomic E-state index is 12.6. The molecule has 2 heterocycles. The fourth-order valence-electron chi connectivity index (χ4n) is 4.15. The Hall–Kier alpha value is -4.34. The van der Waals surface area contributed by atoms with Gasteiger partial charge in [-0.3, -0.25) is 9.89 Å². The van der Waals surface area contributed by atoms with Crippen LogP contribution >= 0.6 is 0 Å². The number of aliphatic imine (C=N–C) groups is 1. The number of anilines is 2. The molecule has 2 aromatic heterocycles. The molecule has 10 heteroatoms. The van der Waals surface area contributed by atoms with Crippen molar-refractivity contribution < 1.29 is 14.3 Å². The highest BCUT2D eigenvalue weighted by Gasteiger charge is 2.29. The van der Waals surface area contributed by atoms with E-state index in [0.717, 1.165) is 35.0 Å². The van der Waals surface area contributed by atoms with Crippen molar-refractivity contribution in [3.63, 3.8) is 0 Å². The van der Waals surface area contributed by atoms with Crippen LogP contribution in [0.4, 0.5) is 11.6 Å². The van der Waals surface area contributed by atoms with Crippen LogP contribution in [-0.4, -0.2) is 49.7 Å². The number of esters is 1. The van der Waals surface area contributed by atoms with Crippen molar-refractivity contribution in [2.45, 2.75) is 32.6 Å². The molecule has 1 aliphatic carbocycles. The zero-order valence-electron chi connectivity index (χ0n) is 20.6. The molecule has 2 N–H and O–H groups in total. The number of carbonyl (C=O) groups excluding carboxylic acids is 2. The van der Waals surface area contributed by atoms with Crippen LogP contribution in [0.5, 0.6) is 0 Å². The molecule has 2 aromatic carbocycles. The van der Waals surface area contributed by atoms with Gasteiger partial charge in [0, 0.05) is 35.2 Å². The third-order valence-electron chi connectivity index (χ3n) is 6.21. The van der Waals surface area contributed by atoms with E-state index in [1.165, 1.54) is 12.7 Å². The molecule has 5 rings (SSSR count). The van der Waals surface area contributed by atoms with E-state index in [1.807, 2.05) is 25.4 Å². The summed E-state index contributed by atoms with van der Waals surface area (Å²) in [5.74, 6) is 0.304. The van der Waals surface area contributed by atoms with Crippen molar-refractivity contribution in [1.82, 2.24) is 25.0 Å². The molecule has 1 amide bonds. The first-order valence-corrected chi connectivity index (χ1v) is 11.8. The number of methoxy groups -OCH3 is 1. The van der Waals surface area contributed by atoms with Crippen molar-refractivity contribution in [3.05, 3.63) is 53.7 Å². The molecule has 0 saturated heterocycles. The molecule has 1 saturated carbocycles. The number of aryl methyl sites for hydroxylation is 1. The molecular weight excluding hydrogens is 458 g/mol. The molecule has 10 nitrogen and oxygen atoms in total. The molecule has 0 radical (unpaired) electrons. The van der Waals surface area contributed by atoms with Crippen LogP contribution in [0.3, 0.4) is 0 Å². The number of aromatic amines is 1. The average Bonchev–Trinajstić information content (AvgIpc) is 3.48. The van der Waals surface area contributed by atoms with Gasteiger partial charge in [-0.15, -0.1) is 5.10 Å². The first-order chi connectivity index (χ1) is 17.4. The van der Waals surface area contributed by atoms with Gasteiger partial charge < -0.3 is 10.1 Å². The maximum absolute atomic E-state index is 12.6. The van der Waals surface area contributed by atoms with E-state index in [-0.39, 0.29) is 11.6 Å². The zero-order valence-corrected chi connectivity index (χ0v) is 20.6. The SMILES string of the molecule is COC(=O)C(=NC(=O)c1ccc(-c2nc(Nc3ccc4[nH]ncc4c3C3CC3)n(C)n2)cc1)C(C)C. The van der Waals surface area contributed by atoms with Gasteiger partial charge in [-0.05, 0) is 48.6 Å². The quantitative estimate of drug-likeness (QED) is 0.294. The summed E-state index contributed by atoms with van der Waals surface area (Å²) in [5.41, 5.74) is 4.47. The second-order valence-electron chi connectivity index (χ2n) is 9.17. The fraction of sp³-hybridized carbons (Fsp3) is 0.308. The second kappa shape index (κ2) is 9.37. The number of amides is 1. The Morgan fingerprint density at radius 2 is 1.92 bits per heavy atom. The summed E-state index contributed by atoms with van der Waals surface area (Å²) in [6.07, 6.45) is 4.20. The number of nitrogens with zero attached hydrogens (tertiary/aromatic N) is 5. The van der Waals surface area contributed by atoms with Crippen LogP contribution in [0.15, 0.2) is 47.6 Å². The molecule has 4 aromatic rings. The molecule has 0 aliphatic heterocycles. The number of fused-ring (bicyclic) bond motifs is 1. The second-order valence-corrected chi connectivity index (χ2v) is 9.17. The molecule has 0 unspecified atom stereocenters. The van der Waals surface area contributed by atoms with Crippen LogP contribution in [0.1, 0.15) is 48.5 Å². The van der Waals surface area contributed by atoms with Gasteiger partial charge in [-0.1, -0.05) is 26.0 Å². The lowest BCUT2D eigenvalue weighted by Gasteiger charge is -2.11. The van der Waals surface area contributed by atoms with Crippen LogP contribution in [0.25, 0.3) is 22.3 Å². The number of nitrogens with one attached hydrogen (secondary N) is 2. The molecule has 0 spiro atoms. The Balaban J connectivity index is 1.38. The van der Waals surface area contributed by atoms with Crippen LogP contribution in [0, 0.1) is 5.92 Å². The largest absolute Gasteiger partial charge is 0.465 e.